The molecule has 0 spiro atoms. The third-order valence-corrected chi connectivity index (χ3v) is 2.91. The molecule has 108 valence electrons. The summed E-state index contributed by atoms with van der Waals surface area (Å²) in [5.41, 5.74) is 1.93. The third kappa shape index (κ3) is 4.11. The molecule has 0 aliphatic rings. The molecular formula is C16H21NO3. The maximum absolute atomic E-state index is 9.87. The van der Waals surface area contributed by atoms with Gasteiger partial charge in [0, 0.05) is 23.7 Å². The zero-order chi connectivity index (χ0) is 14.4. The zero-order valence-corrected chi connectivity index (χ0v) is 11.9. The summed E-state index contributed by atoms with van der Waals surface area (Å²) >= 11 is 0. The van der Waals surface area contributed by atoms with Crippen molar-refractivity contribution in [1.29, 1.82) is 0 Å². The Labute approximate surface area is 119 Å². The Kier molecular flexibility index (Phi) is 5.21. The highest BCUT2D eigenvalue weighted by Gasteiger charge is 2.10. The predicted octanol–water partition coefficient (Wildman–Crippen LogP) is 2.68. The van der Waals surface area contributed by atoms with E-state index in [4.69, 9.17) is 9.15 Å². The van der Waals surface area contributed by atoms with E-state index in [1.165, 1.54) is 0 Å². The Bertz CT molecular complexity index is 508. The van der Waals surface area contributed by atoms with Gasteiger partial charge in [0.15, 0.2) is 0 Å². The van der Waals surface area contributed by atoms with E-state index in [0.29, 0.717) is 12.6 Å². The van der Waals surface area contributed by atoms with Crippen molar-refractivity contribution >= 4 is 0 Å². The van der Waals surface area contributed by atoms with Crippen LogP contribution in [-0.4, -0.2) is 30.4 Å². The van der Waals surface area contributed by atoms with Crippen LogP contribution in [0.3, 0.4) is 0 Å². The number of ether oxygens (including phenoxy) is 1. The third-order valence-electron chi connectivity index (χ3n) is 2.91. The van der Waals surface area contributed by atoms with Crippen LogP contribution in [0, 0.1) is 0 Å². The maximum atomic E-state index is 9.87. The van der Waals surface area contributed by atoms with E-state index in [-0.39, 0.29) is 6.61 Å². The highest BCUT2D eigenvalue weighted by Crippen LogP contribution is 2.29. The average Bonchev–Trinajstić information content (AvgIpc) is 2.97. The van der Waals surface area contributed by atoms with E-state index >= 15 is 0 Å². The monoisotopic (exact) mass is 275 g/mol. The molecule has 0 aliphatic heterocycles. The second kappa shape index (κ2) is 7.12. The van der Waals surface area contributed by atoms with E-state index < -0.39 is 6.10 Å². The Morgan fingerprint density at radius 1 is 1.25 bits per heavy atom. The van der Waals surface area contributed by atoms with Gasteiger partial charge in [0.25, 0.3) is 0 Å². The molecule has 0 amide bonds. The molecule has 2 rings (SSSR count). The number of rotatable bonds is 7. The van der Waals surface area contributed by atoms with Crippen molar-refractivity contribution in [3.05, 3.63) is 42.9 Å². The number of hydrogen-bond acceptors (Lipinski definition) is 4. The van der Waals surface area contributed by atoms with Gasteiger partial charge in [-0.2, -0.15) is 0 Å². The van der Waals surface area contributed by atoms with Crippen molar-refractivity contribution in [3.8, 4) is 16.9 Å². The first-order valence-electron chi connectivity index (χ1n) is 6.82. The Morgan fingerprint density at radius 2 is 2.05 bits per heavy atom. The van der Waals surface area contributed by atoms with Crippen LogP contribution in [0.4, 0.5) is 0 Å². The first kappa shape index (κ1) is 14.6. The van der Waals surface area contributed by atoms with Gasteiger partial charge >= 0.3 is 0 Å². The molecular weight excluding hydrogens is 254 g/mol. The molecule has 1 atom stereocenters. The Morgan fingerprint density at radius 3 is 2.75 bits per heavy atom. The second-order valence-electron chi connectivity index (χ2n) is 5.04. The first-order valence-corrected chi connectivity index (χ1v) is 6.82. The molecule has 1 aromatic carbocycles. The molecule has 4 nitrogen and oxygen atoms in total. The highest BCUT2D eigenvalue weighted by molar-refractivity contribution is 5.69. The fourth-order valence-electron chi connectivity index (χ4n) is 1.87. The van der Waals surface area contributed by atoms with Gasteiger partial charge in [-0.05, 0) is 12.1 Å². The van der Waals surface area contributed by atoms with E-state index in [1.54, 1.807) is 12.5 Å². The fraction of sp³-hybridized carbons (Fsp3) is 0.375. The van der Waals surface area contributed by atoms with Gasteiger partial charge in [-0.15, -0.1) is 0 Å². The highest BCUT2D eigenvalue weighted by atomic mass is 16.5. The summed E-state index contributed by atoms with van der Waals surface area (Å²) in [6, 6.07) is 9.97. The standard InChI is InChI=1S/C16H21NO3/c1-12(2)17-9-14(18)11-20-16-6-4-3-5-15(16)13-7-8-19-10-13/h3-8,10,12,14,17-18H,9,11H2,1-2H3. The number of nitrogens with one attached hydrogen (secondary N) is 1. The fourth-order valence-corrected chi connectivity index (χ4v) is 1.87. The summed E-state index contributed by atoms with van der Waals surface area (Å²) in [4.78, 5) is 0. The summed E-state index contributed by atoms with van der Waals surface area (Å²) in [6.45, 7) is 4.86. The van der Waals surface area contributed by atoms with Crippen LogP contribution in [0.5, 0.6) is 5.75 Å². The molecule has 0 saturated heterocycles. The van der Waals surface area contributed by atoms with Crippen molar-refractivity contribution in [2.45, 2.75) is 26.0 Å². The molecule has 20 heavy (non-hydrogen) atoms. The molecule has 1 heterocycles. The SMILES string of the molecule is CC(C)NCC(O)COc1ccccc1-c1ccoc1. The van der Waals surface area contributed by atoms with Crippen LogP contribution in [0.1, 0.15) is 13.8 Å². The van der Waals surface area contributed by atoms with Gasteiger partial charge < -0.3 is 19.6 Å². The lowest BCUT2D eigenvalue weighted by atomic mass is 10.1. The molecule has 0 bridgehead atoms. The second-order valence-corrected chi connectivity index (χ2v) is 5.04. The van der Waals surface area contributed by atoms with Gasteiger partial charge in [0.1, 0.15) is 18.5 Å². The number of benzene rings is 1. The van der Waals surface area contributed by atoms with Crippen LogP contribution < -0.4 is 10.1 Å². The summed E-state index contributed by atoms with van der Waals surface area (Å²) in [5.74, 6) is 0.748. The van der Waals surface area contributed by atoms with E-state index in [9.17, 15) is 5.11 Å². The summed E-state index contributed by atoms with van der Waals surface area (Å²) in [7, 11) is 0. The molecule has 4 heteroatoms. The number of aliphatic hydroxyl groups excluding tert-OH is 1. The molecule has 0 radical (unpaired) electrons. The van der Waals surface area contributed by atoms with Crippen LogP contribution in [0.2, 0.25) is 0 Å². The molecule has 2 N–H and O–H groups in total. The molecule has 0 aliphatic carbocycles. The Hall–Kier alpha value is -1.78. The number of furan rings is 1. The van der Waals surface area contributed by atoms with Crippen LogP contribution >= 0.6 is 0 Å². The number of hydrogen-bond donors (Lipinski definition) is 2. The van der Waals surface area contributed by atoms with Gasteiger partial charge in [0.2, 0.25) is 0 Å². The van der Waals surface area contributed by atoms with Gasteiger partial charge in [-0.3, -0.25) is 0 Å². The normalized spacial score (nSPS) is 12.6. The van der Waals surface area contributed by atoms with Crippen LogP contribution in [0.15, 0.2) is 47.3 Å². The molecule has 0 saturated carbocycles. The van der Waals surface area contributed by atoms with Crippen molar-refractivity contribution in [1.82, 2.24) is 5.32 Å². The first-order chi connectivity index (χ1) is 9.66. The van der Waals surface area contributed by atoms with Crippen LogP contribution in [0.25, 0.3) is 11.1 Å². The van der Waals surface area contributed by atoms with Crippen molar-refractivity contribution < 1.29 is 14.3 Å². The van der Waals surface area contributed by atoms with Gasteiger partial charge in [-0.25, -0.2) is 0 Å². The quantitative estimate of drug-likeness (QED) is 0.815. The lowest BCUT2D eigenvalue weighted by Gasteiger charge is -2.16. The maximum Gasteiger partial charge on any atom is 0.127 e. The molecule has 2 aromatic rings. The summed E-state index contributed by atoms with van der Waals surface area (Å²) in [6.07, 6.45) is 2.78. The zero-order valence-electron chi connectivity index (χ0n) is 11.9. The Balaban J connectivity index is 1.96. The van der Waals surface area contributed by atoms with E-state index in [0.717, 1.165) is 16.9 Å². The molecule has 0 fully saturated rings. The lowest BCUT2D eigenvalue weighted by Crippen LogP contribution is -2.35. The lowest BCUT2D eigenvalue weighted by molar-refractivity contribution is 0.105. The van der Waals surface area contributed by atoms with E-state index in [1.807, 2.05) is 44.2 Å². The number of aliphatic hydroxyl groups is 1. The summed E-state index contributed by atoms with van der Waals surface area (Å²) < 4.78 is 10.8. The minimum atomic E-state index is -0.533. The summed E-state index contributed by atoms with van der Waals surface area (Å²) in [5, 5.41) is 13.1. The van der Waals surface area contributed by atoms with Gasteiger partial charge in [-0.1, -0.05) is 32.0 Å². The van der Waals surface area contributed by atoms with E-state index in [2.05, 4.69) is 5.32 Å². The van der Waals surface area contributed by atoms with Gasteiger partial charge in [0.05, 0.1) is 12.5 Å². The minimum absolute atomic E-state index is 0.259. The van der Waals surface area contributed by atoms with Crippen molar-refractivity contribution in [2.75, 3.05) is 13.2 Å². The topological polar surface area (TPSA) is 54.6 Å². The molecule has 1 aromatic heterocycles. The average molecular weight is 275 g/mol. The predicted molar refractivity (Wildman–Crippen MR) is 78.8 cm³/mol. The minimum Gasteiger partial charge on any atom is -0.490 e. The smallest absolute Gasteiger partial charge is 0.127 e. The van der Waals surface area contributed by atoms with Crippen LogP contribution in [-0.2, 0) is 0 Å². The van der Waals surface area contributed by atoms with Crippen molar-refractivity contribution in [3.63, 3.8) is 0 Å². The largest absolute Gasteiger partial charge is 0.490 e. The number of para-hydroxylation sites is 1. The van der Waals surface area contributed by atoms with Crippen molar-refractivity contribution in [2.24, 2.45) is 0 Å². The molecule has 1 unspecified atom stereocenters.